The van der Waals surface area contributed by atoms with E-state index in [0.717, 1.165) is 5.56 Å². The summed E-state index contributed by atoms with van der Waals surface area (Å²) in [5.74, 6) is -0.548. The number of hydrogen-bond acceptors (Lipinski definition) is 5. The summed E-state index contributed by atoms with van der Waals surface area (Å²) in [6, 6.07) is 9.06. The van der Waals surface area contributed by atoms with Gasteiger partial charge in [-0.15, -0.1) is 0 Å². The van der Waals surface area contributed by atoms with E-state index in [1.807, 2.05) is 18.2 Å². The van der Waals surface area contributed by atoms with Gasteiger partial charge in [0.05, 0.1) is 5.56 Å². The first-order chi connectivity index (χ1) is 12.1. The number of nitrogens with zero attached hydrogens (tertiary/aromatic N) is 1. The Bertz CT molecular complexity index is 865. The average molecular weight is 354 g/mol. The Morgan fingerprint density at radius 1 is 1.19 bits per heavy atom. The van der Waals surface area contributed by atoms with Gasteiger partial charge in [-0.1, -0.05) is 32.9 Å². The lowest BCUT2D eigenvalue weighted by atomic mass is 9.87. The molecule has 0 saturated carbocycles. The van der Waals surface area contributed by atoms with Gasteiger partial charge in [-0.3, -0.25) is 10.1 Å². The van der Waals surface area contributed by atoms with E-state index < -0.39 is 18.5 Å². The van der Waals surface area contributed by atoms with Gasteiger partial charge in [0.15, 0.2) is 6.61 Å². The summed E-state index contributed by atoms with van der Waals surface area (Å²) in [6.45, 7) is 9.21. The van der Waals surface area contributed by atoms with E-state index in [1.54, 1.807) is 26.0 Å². The van der Waals surface area contributed by atoms with E-state index in [9.17, 15) is 9.59 Å². The molecule has 0 saturated heterocycles. The third-order valence-corrected chi connectivity index (χ3v) is 4.07. The predicted octanol–water partition coefficient (Wildman–Crippen LogP) is 3.86. The molecule has 0 aliphatic heterocycles. The Kier molecular flexibility index (Phi) is 5.51. The Hall–Kier alpha value is -3.07. The summed E-state index contributed by atoms with van der Waals surface area (Å²) in [5.41, 5.74) is 2.38. The van der Waals surface area contributed by atoms with Crippen LogP contribution in [-0.4, -0.2) is 18.5 Å². The number of furan rings is 1. The molecule has 1 N–H and O–H groups in total. The molecule has 2 rings (SSSR count). The van der Waals surface area contributed by atoms with Crippen molar-refractivity contribution in [3.8, 4) is 6.07 Å². The minimum absolute atomic E-state index is 0.0138. The van der Waals surface area contributed by atoms with Gasteiger partial charge in [0, 0.05) is 5.56 Å². The van der Waals surface area contributed by atoms with Crippen molar-refractivity contribution >= 4 is 17.8 Å². The van der Waals surface area contributed by atoms with Crippen LogP contribution in [0.4, 0.5) is 5.88 Å². The zero-order valence-electron chi connectivity index (χ0n) is 15.6. The first kappa shape index (κ1) is 19.3. The maximum Gasteiger partial charge on any atom is 0.338 e. The van der Waals surface area contributed by atoms with Crippen LogP contribution >= 0.6 is 0 Å². The second-order valence-corrected chi connectivity index (χ2v) is 7.05. The van der Waals surface area contributed by atoms with Crippen molar-refractivity contribution in [3.05, 3.63) is 52.3 Å². The number of nitrogens with one attached hydrogen (secondary N) is 1. The molecule has 1 heterocycles. The fourth-order valence-electron chi connectivity index (χ4n) is 2.33. The van der Waals surface area contributed by atoms with Crippen LogP contribution in [0.1, 0.15) is 53.6 Å². The largest absolute Gasteiger partial charge is 0.452 e. The third-order valence-electron chi connectivity index (χ3n) is 4.07. The molecule has 1 aromatic heterocycles. The molecule has 136 valence electrons. The first-order valence-electron chi connectivity index (χ1n) is 8.21. The fraction of sp³-hybridized carbons (Fsp3) is 0.350. The maximum absolute atomic E-state index is 12.1. The number of benzene rings is 1. The molecule has 0 bridgehead atoms. The Morgan fingerprint density at radius 2 is 1.81 bits per heavy atom. The van der Waals surface area contributed by atoms with E-state index in [-0.39, 0.29) is 16.9 Å². The van der Waals surface area contributed by atoms with Crippen molar-refractivity contribution in [2.45, 2.75) is 40.0 Å². The highest BCUT2D eigenvalue weighted by Gasteiger charge is 2.18. The molecular weight excluding hydrogens is 332 g/mol. The number of ether oxygens (including phenoxy) is 1. The summed E-state index contributed by atoms with van der Waals surface area (Å²) in [7, 11) is 0. The van der Waals surface area contributed by atoms with E-state index in [2.05, 4.69) is 26.1 Å². The number of amides is 1. The van der Waals surface area contributed by atoms with Gasteiger partial charge in [0.2, 0.25) is 5.88 Å². The zero-order valence-corrected chi connectivity index (χ0v) is 15.6. The van der Waals surface area contributed by atoms with Gasteiger partial charge < -0.3 is 9.15 Å². The molecular formula is C20H22N2O4. The van der Waals surface area contributed by atoms with E-state index in [4.69, 9.17) is 14.4 Å². The molecule has 0 aliphatic rings. The molecule has 2 aromatic rings. The highest BCUT2D eigenvalue weighted by Crippen LogP contribution is 2.25. The van der Waals surface area contributed by atoms with E-state index in [0.29, 0.717) is 16.9 Å². The standard InChI is InChI=1S/C20H22N2O4/c1-12-13(2)26-18(16(12)10-21)22-17(23)11-25-19(24)14-6-8-15(9-7-14)20(3,4)5/h6-9H,11H2,1-5H3,(H,22,23). The number of carbonyl (C=O) groups excluding carboxylic acids is 2. The van der Waals surface area contributed by atoms with E-state index in [1.165, 1.54) is 0 Å². The molecule has 0 atom stereocenters. The fourth-order valence-corrected chi connectivity index (χ4v) is 2.33. The SMILES string of the molecule is Cc1oc(NC(=O)COC(=O)c2ccc(C(C)(C)C)cc2)c(C#N)c1C. The number of carbonyl (C=O) groups is 2. The number of nitriles is 1. The molecule has 6 heteroatoms. The molecule has 1 aromatic carbocycles. The molecule has 0 spiro atoms. The monoisotopic (exact) mass is 354 g/mol. The molecule has 26 heavy (non-hydrogen) atoms. The Labute approximate surface area is 152 Å². The van der Waals surface area contributed by atoms with Crippen LogP contribution in [0.15, 0.2) is 28.7 Å². The van der Waals surface area contributed by atoms with Crippen molar-refractivity contribution in [1.29, 1.82) is 5.26 Å². The summed E-state index contributed by atoms with van der Waals surface area (Å²) in [4.78, 5) is 24.0. The van der Waals surface area contributed by atoms with Crippen LogP contribution in [0.2, 0.25) is 0 Å². The first-order valence-corrected chi connectivity index (χ1v) is 8.21. The predicted molar refractivity (Wildman–Crippen MR) is 97.0 cm³/mol. The average Bonchev–Trinajstić information content (AvgIpc) is 2.85. The number of aryl methyl sites for hydroxylation is 1. The lowest BCUT2D eigenvalue weighted by Gasteiger charge is -2.18. The van der Waals surface area contributed by atoms with Gasteiger partial charge in [-0.2, -0.15) is 5.26 Å². The summed E-state index contributed by atoms with van der Waals surface area (Å²) in [6.07, 6.45) is 0. The summed E-state index contributed by atoms with van der Waals surface area (Å²) in [5, 5.41) is 11.6. The minimum Gasteiger partial charge on any atom is -0.452 e. The quantitative estimate of drug-likeness (QED) is 0.842. The van der Waals surface area contributed by atoms with Crippen molar-refractivity contribution in [3.63, 3.8) is 0 Å². The molecule has 0 aliphatic carbocycles. The lowest BCUT2D eigenvalue weighted by molar-refractivity contribution is -0.119. The Balaban J connectivity index is 1.96. The highest BCUT2D eigenvalue weighted by atomic mass is 16.5. The second kappa shape index (κ2) is 7.44. The molecule has 0 unspecified atom stereocenters. The second-order valence-electron chi connectivity index (χ2n) is 7.05. The number of hydrogen-bond donors (Lipinski definition) is 1. The van der Waals surface area contributed by atoms with Crippen molar-refractivity contribution in [2.75, 3.05) is 11.9 Å². The van der Waals surface area contributed by atoms with Gasteiger partial charge >= 0.3 is 5.97 Å². The molecule has 1 amide bonds. The normalized spacial score (nSPS) is 10.9. The van der Waals surface area contributed by atoms with Crippen LogP contribution < -0.4 is 5.32 Å². The molecule has 6 nitrogen and oxygen atoms in total. The van der Waals surface area contributed by atoms with Crippen molar-refractivity contribution < 1.29 is 18.7 Å². The smallest absolute Gasteiger partial charge is 0.338 e. The minimum atomic E-state index is -0.590. The molecule has 0 fully saturated rings. The number of anilines is 1. The summed E-state index contributed by atoms with van der Waals surface area (Å²) >= 11 is 0. The van der Waals surface area contributed by atoms with Crippen LogP contribution in [-0.2, 0) is 14.9 Å². The van der Waals surface area contributed by atoms with Gasteiger partial charge in [-0.25, -0.2) is 4.79 Å². The van der Waals surface area contributed by atoms with Gasteiger partial charge in [0.25, 0.3) is 5.91 Å². The Morgan fingerprint density at radius 3 is 2.35 bits per heavy atom. The van der Waals surface area contributed by atoms with Gasteiger partial charge in [0.1, 0.15) is 17.4 Å². The van der Waals surface area contributed by atoms with Crippen molar-refractivity contribution in [1.82, 2.24) is 0 Å². The highest BCUT2D eigenvalue weighted by molar-refractivity contribution is 5.95. The maximum atomic E-state index is 12.1. The van der Waals surface area contributed by atoms with Crippen molar-refractivity contribution in [2.24, 2.45) is 0 Å². The zero-order chi connectivity index (χ0) is 19.5. The van der Waals surface area contributed by atoms with Gasteiger partial charge in [-0.05, 0) is 37.0 Å². The number of rotatable bonds is 4. The van der Waals surface area contributed by atoms with Crippen LogP contribution in [0.5, 0.6) is 0 Å². The molecule has 0 radical (unpaired) electrons. The van der Waals surface area contributed by atoms with Crippen LogP contribution in [0.3, 0.4) is 0 Å². The topological polar surface area (TPSA) is 92.3 Å². The van der Waals surface area contributed by atoms with E-state index >= 15 is 0 Å². The van der Waals surface area contributed by atoms with Crippen LogP contribution in [0.25, 0.3) is 0 Å². The number of esters is 1. The summed E-state index contributed by atoms with van der Waals surface area (Å²) < 4.78 is 10.4. The van der Waals surface area contributed by atoms with Crippen LogP contribution in [0, 0.1) is 25.2 Å². The third kappa shape index (κ3) is 4.31. The lowest BCUT2D eigenvalue weighted by Crippen LogP contribution is -2.21.